The molecule has 0 fully saturated rings. The Bertz CT molecular complexity index is 1590. The molecule has 0 radical (unpaired) electrons. The molecule has 19 heteroatoms. The molecule has 480 valence electrons. The molecule has 0 aromatic carbocycles. The smallest absolute Gasteiger partial charge is 0.462 e. The maximum Gasteiger partial charge on any atom is 0.472 e. The molecule has 0 bridgehead atoms. The molecule has 17 nitrogen and oxygen atoms in total. The summed E-state index contributed by atoms with van der Waals surface area (Å²) in [6.45, 7) is 7.03. The van der Waals surface area contributed by atoms with Crippen molar-refractivity contribution < 1.29 is 80.2 Å². The van der Waals surface area contributed by atoms with Crippen LogP contribution in [-0.2, 0) is 65.4 Å². The van der Waals surface area contributed by atoms with Gasteiger partial charge in [-0.25, -0.2) is 9.13 Å². The number of rotatable bonds is 62. The lowest BCUT2D eigenvalue weighted by molar-refractivity contribution is -0.161. The fourth-order valence-electron chi connectivity index (χ4n) is 9.20. The van der Waals surface area contributed by atoms with Gasteiger partial charge in [0.1, 0.15) is 19.3 Å². The summed E-state index contributed by atoms with van der Waals surface area (Å²) in [5.41, 5.74) is 0. The number of ether oxygens (including phenoxy) is 4. The Morgan fingerprint density at radius 3 is 0.877 bits per heavy atom. The topological polar surface area (TPSA) is 237 Å². The Labute approximate surface area is 492 Å². The van der Waals surface area contributed by atoms with Gasteiger partial charge in [-0.3, -0.25) is 37.3 Å². The average Bonchev–Trinajstić information content (AvgIpc) is 3.44. The lowest BCUT2D eigenvalue weighted by atomic mass is 9.99. The largest absolute Gasteiger partial charge is 0.472 e. The molecular formula is C62H120O17P2. The maximum absolute atomic E-state index is 13.0. The standard InChI is InChI=1S/C62H120O17P2/c1-6-10-13-16-17-18-19-20-21-22-23-24-25-30-33-38-43-48-62(67)79-58(52-73-60(65)46-41-37-32-29-27-26-28-31-36-39-44-55(5)9-4)54-77-81(70,71)75-50-56(63)49-74-80(68,69)76-53-57(78-61(66)47-42-35-15-12-8-3)51-72-59(64)45-40-34-14-11-7-2/h55-58,63H,6-54H2,1-5H3,(H,68,69)(H,70,71)/t55?,56-,57+,58+/m0/s1. The van der Waals surface area contributed by atoms with Gasteiger partial charge in [-0.15, -0.1) is 0 Å². The predicted molar refractivity (Wildman–Crippen MR) is 322 cm³/mol. The van der Waals surface area contributed by atoms with Crippen LogP contribution in [0.3, 0.4) is 0 Å². The Balaban J connectivity index is 5.11. The van der Waals surface area contributed by atoms with Gasteiger partial charge in [0.15, 0.2) is 12.2 Å². The second-order valence-electron chi connectivity index (χ2n) is 22.7. The molecule has 0 aromatic heterocycles. The molecule has 0 saturated heterocycles. The van der Waals surface area contributed by atoms with E-state index >= 15 is 0 Å². The van der Waals surface area contributed by atoms with Gasteiger partial charge in [-0.05, 0) is 31.6 Å². The first-order valence-electron chi connectivity index (χ1n) is 32.7. The molecule has 0 amide bonds. The Hall–Kier alpha value is -1.94. The first-order valence-corrected chi connectivity index (χ1v) is 35.7. The number of hydrogen-bond donors (Lipinski definition) is 3. The van der Waals surface area contributed by atoms with Crippen LogP contribution in [0.1, 0.15) is 311 Å². The van der Waals surface area contributed by atoms with Crippen LogP contribution in [0, 0.1) is 5.92 Å². The first-order chi connectivity index (χ1) is 39.1. The van der Waals surface area contributed by atoms with E-state index in [4.69, 9.17) is 37.0 Å². The number of hydrogen-bond acceptors (Lipinski definition) is 15. The van der Waals surface area contributed by atoms with Gasteiger partial charge < -0.3 is 33.8 Å². The third-order valence-corrected chi connectivity index (χ3v) is 16.5. The lowest BCUT2D eigenvalue weighted by Gasteiger charge is -2.21. The van der Waals surface area contributed by atoms with Gasteiger partial charge in [0, 0.05) is 25.7 Å². The summed E-state index contributed by atoms with van der Waals surface area (Å²) in [7, 11) is -9.86. The third kappa shape index (κ3) is 55.7. The van der Waals surface area contributed by atoms with E-state index in [9.17, 15) is 43.2 Å². The highest BCUT2D eigenvalue weighted by molar-refractivity contribution is 7.47. The molecule has 0 aliphatic carbocycles. The number of esters is 4. The minimum absolute atomic E-state index is 0.0989. The summed E-state index contributed by atoms with van der Waals surface area (Å²) >= 11 is 0. The molecule has 81 heavy (non-hydrogen) atoms. The number of aliphatic hydroxyl groups excluding tert-OH is 1. The molecule has 6 atom stereocenters. The van der Waals surface area contributed by atoms with Gasteiger partial charge >= 0.3 is 39.5 Å². The molecule has 0 aromatic rings. The summed E-state index contributed by atoms with van der Waals surface area (Å²) in [6.07, 6.45) is 39.7. The number of phosphoric ester groups is 2. The van der Waals surface area contributed by atoms with Gasteiger partial charge in [0.2, 0.25) is 0 Å². The summed E-state index contributed by atoms with van der Waals surface area (Å²) in [5.74, 6) is -1.35. The van der Waals surface area contributed by atoms with E-state index in [-0.39, 0.29) is 25.7 Å². The monoisotopic (exact) mass is 1200 g/mol. The zero-order chi connectivity index (χ0) is 59.9. The predicted octanol–water partition coefficient (Wildman–Crippen LogP) is 17.0. The number of phosphoric acid groups is 2. The quantitative estimate of drug-likeness (QED) is 0.0222. The van der Waals surface area contributed by atoms with Gasteiger partial charge in [-0.1, -0.05) is 259 Å². The third-order valence-electron chi connectivity index (χ3n) is 14.6. The van der Waals surface area contributed by atoms with E-state index in [0.29, 0.717) is 25.7 Å². The van der Waals surface area contributed by atoms with Crippen LogP contribution >= 0.6 is 15.6 Å². The van der Waals surface area contributed by atoms with E-state index in [1.54, 1.807) is 0 Å². The average molecular weight is 1200 g/mol. The van der Waals surface area contributed by atoms with E-state index in [2.05, 4.69) is 34.6 Å². The van der Waals surface area contributed by atoms with Crippen molar-refractivity contribution in [3.05, 3.63) is 0 Å². The number of aliphatic hydroxyl groups is 1. The van der Waals surface area contributed by atoms with Crippen molar-refractivity contribution in [2.75, 3.05) is 39.6 Å². The van der Waals surface area contributed by atoms with Crippen molar-refractivity contribution in [1.29, 1.82) is 0 Å². The fraction of sp³-hybridized carbons (Fsp3) is 0.935. The molecule has 3 N–H and O–H groups in total. The van der Waals surface area contributed by atoms with E-state index in [1.165, 1.54) is 128 Å². The lowest BCUT2D eigenvalue weighted by Crippen LogP contribution is -2.30. The van der Waals surface area contributed by atoms with Crippen LogP contribution < -0.4 is 0 Å². The van der Waals surface area contributed by atoms with Crippen molar-refractivity contribution in [2.24, 2.45) is 5.92 Å². The highest BCUT2D eigenvalue weighted by Crippen LogP contribution is 2.45. The summed E-state index contributed by atoms with van der Waals surface area (Å²) in [5, 5.41) is 10.5. The van der Waals surface area contributed by atoms with Crippen molar-refractivity contribution in [2.45, 2.75) is 329 Å². The molecule has 3 unspecified atom stereocenters. The highest BCUT2D eigenvalue weighted by Gasteiger charge is 2.30. The van der Waals surface area contributed by atoms with Crippen LogP contribution in [0.15, 0.2) is 0 Å². The van der Waals surface area contributed by atoms with Gasteiger partial charge in [0.05, 0.1) is 26.4 Å². The Kier molecular flexibility index (Phi) is 54.6. The molecular weight excluding hydrogens is 1080 g/mol. The van der Waals surface area contributed by atoms with Crippen LogP contribution in [0.4, 0.5) is 0 Å². The molecule has 0 aliphatic heterocycles. The van der Waals surface area contributed by atoms with Crippen LogP contribution in [0.2, 0.25) is 0 Å². The van der Waals surface area contributed by atoms with Crippen LogP contribution in [0.5, 0.6) is 0 Å². The first kappa shape index (κ1) is 79.1. The summed E-state index contributed by atoms with van der Waals surface area (Å²) in [4.78, 5) is 71.6. The molecule has 0 spiro atoms. The van der Waals surface area contributed by atoms with E-state index in [0.717, 1.165) is 102 Å². The highest BCUT2D eigenvalue weighted by atomic mass is 31.2. The second-order valence-corrected chi connectivity index (χ2v) is 25.6. The maximum atomic E-state index is 13.0. The molecule has 0 heterocycles. The normalized spacial score (nSPS) is 14.6. The molecule has 0 aliphatic rings. The number of carbonyl (C=O) groups is 4. The zero-order valence-electron chi connectivity index (χ0n) is 51.9. The van der Waals surface area contributed by atoms with Crippen LogP contribution in [0.25, 0.3) is 0 Å². The van der Waals surface area contributed by atoms with Gasteiger partial charge in [0.25, 0.3) is 0 Å². The van der Waals surface area contributed by atoms with E-state index in [1.807, 2.05) is 0 Å². The van der Waals surface area contributed by atoms with Crippen LogP contribution in [-0.4, -0.2) is 96.7 Å². The minimum Gasteiger partial charge on any atom is -0.462 e. The molecule has 0 saturated carbocycles. The minimum atomic E-state index is -4.94. The number of carbonyl (C=O) groups excluding carboxylic acids is 4. The van der Waals surface area contributed by atoms with Gasteiger partial charge in [-0.2, -0.15) is 0 Å². The SMILES string of the molecule is CCCCCCCCCCCCCCCCCCCC(=O)O[C@H](COC(=O)CCCCCCCCCCCCC(C)CC)COP(=O)(O)OC[C@@H](O)COP(=O)(O)OC[C@@H](COC(=O)CCCCCCC)OC(=O)CCCCCCC. The second kappa shape index (κ2) is 55.9. The zero-order valence-corrected chi connectivity index (χ0v) is 53.7. The van der Waals surface area contributed by atoms with E-state index < -0.39 is 97.5 Å². The Morgan fingerprint density at radius 1 is 0.346 bits per heavy atom. The van der Waals surface area contributed by atoms with Crippen molar-refractivity contribution in [3.8, 4) is 0 Å². The van der Waals surface area contributed by atoms with Crippen molar-refractivity contribution in [1.82, 2.24) is 0 Å². The molecule has 0 rings (SSSR count). The van der Waals surface area contributed by atoms with Crippen molar-refractivity contribution >= 4 is 39.5 Å². The Morgan fingerprint density at radius 2 is 0.593 bits per heavy atom. The number of unbranched alkanes of at least 4 members (excludes halogenated alkanes) is 33. The summed E-state index contributed by atoms with van der Waals surface area (Å²) < 4.78 is 67.5. The van der Waals surface area contributed by atoms with Crippen molar-refractivity contribution in [3.63, 3.8) is 0 Å². The summed E-state index contributed by atoms with van der Waals surface area (Å²) in [6, 6.07) is 0. The fourth-order valence-corrected chi connectivity index (χ4v) is 10.8.